The fourth-order valence-electron chi connectivity index (χ4n) is 2.39. The highest BCUT2D eigenvalue weighted by atomic mass is 16.5. The Morgan fingerprint density at radius 1 is 1.62 bits per heavy atom. The number of rotatable bonds is 4. The number of amides is 2. The first-order valence-corrected chi connectivity index (χ1v) is 6.90. The van der Waals surface area contributed by atoms with Crippen LogP contribution in [0, 0.1) is 0 Å². The molecule has 8 nitrogen and oxygen atoms in total. The number of aromatic nitrogens is 2. The van der Waals surface area contributed by atoms with Crippen molar-refractivity contribution in [2.24, 2.45) is 0 Å². The molecule has 1 aliphatic heterocycles. The summed E-state index contributed by atoms with van der Waals surface area (Å²) >= 11 is 0. The Morgan fingerprint density at radius 3 is 2.95 bits per heavy atom. The van der Waals surface area contributed by atoms with E-state index in [-0.39, 0.29) is 30.4 Å². The number of carbonyl (C=O) groups is 2. The van der Waals surface area contributed by atoms with Gasteiger partial charge in [-0.05, 0) is 12.8 Å². The van der Waals surface area contributed by atoms with Crippen molar-refractivity contribution in [1.82, 2.24) is 20.2 Å². The standard InChI is InChI=1S/C13H20N4O4/c1-3-8-6-14-11(15-8)12(18)16-9-4-5-17(13(19)20)7-10(9)21-2/h6,9-10H,3-5,7H2,1-2H3,(H,14,15)(H,16,18)(H,19,20)/t9-,10+/m0/s1. The average molecular weight is 296 g/mol. The molecule has 1 fully saturated rings. The third-order valence-electron chi connectivity index (χ3n) is 3.67. The minimum Gasteiger partial charge on any atom is -0.465 e. The number of carboxylic acid groups (broad SMARTS) is 1. The zero-order valence-electron chi connectivity index (χ0n) is 12.1. The molecule has 21 heavy (non-hydrogen) atoms. The number of hydrogen-bond donors (Lipinski definition) is 3. The average Bonchev–Trinajstić information content (AvgIpc) is 2.96. The van der Waals surface area contributed by atoms with Gasteiger partial charge in [0.1, 0.15) is 0 Å². The number of aromatic amines is 1. The van der Waals surface area contributed by atoms with Gasteiger partial charge in [0.15, 0.2) is 5.82 Å². The molecular weight excluding hydrogens is 276 g/mol. The van der Waals surface area contributed by atoms with Crippen LogP contribution in [-0.4, -0.2) is 64.3 Å². The lowest BCUT2D eigenvalue weighted by molar-refractivity contribution is 0.0100. The van der Waals surface area contributed by atoms with E-state index in [4.69, 9.17) is 9.84 Å². The number of carbonyl (C=O) groups excluding carboxylic acids is 1. The maximum absolute atomic E-state index is 12.1. The van der Waals surface area contributed by atoms with Gasteiger partial charge in [0, 0.05) is 25.5 Å². The Bertz CT molecular complexity index is 516. The van der Waals surface area contributed by atoms with Gasteiger partial charge in [-0.3, -0.25) is 4.79 Å². The molecule has 0 aliphatic carbocycles. The van der Waals surface area contributed by atoms with Crippen molar-refractivity contribution < 1.29 is 19.4 Å². The number of likely N-dealkylation sites (tertiary alicyclic amines) is 1. The molecule has 1 saturated heterocycles. The van der Waals surface area contributed by atoms with Crippen molar-refractivity contribution in [3.05, 3.63) is 17.7 Å². The lowest BCUT2D eigenvalue weighted by Gasteiger charge is -2.36. The van der Waals surface area contributed by atoms with Crippen molar-refractivity contribution >= 4 is 12.0 Å². The predicted octanol–water partition coefficient (Wildman–Crippen LogP) is 0.469. The monoisotopic (exact) mass is 296 g/mol. The topological polar surface area (TPSA) is 108 Å². The van der Waals surface area contributed by atoms with Crippen LogP contribution >= 0.6 is 0 Å². The summed E-state index contributed by atoms with van der Waals surface area (Å²) in [6.07, 6.45) is 1.59. The van der Waals surface area contributed by atoms with Crippen molar-refractivity contribution in [2.45, 2.75) is 31.9 Å². The van der Waals surface area contributed by atoms with Gasteiger partial charge in [-0.2, -0.15) is 0 Å². The van der Waals surface area contributed by atoms with Crippen LogP contribution < -0.4 is 5.32 Å². The summed E-state index contributed by atoms with van der Waals surface area (Å²) in [6, 6.07) is -0.228. The van der Waals surface area contributed by atoms with Gasteiger partial charge in [-0.25, -0.2) is 9.78 Å². The predicted molar refractivity (Wildman–Crippen MR) is 74.2 cm³/mol. The fourth-order valence-corrected chi connectivity index (χ4v) is 2.39. The highest BCUT2D eigenvalue weighted by Crippen LogP contribution is 2.14. The molecule has 0 spiro atoms. The van der Waals surface area contributed by atoms with Crippen LogP contribution in [0.1, 0.15) is 29.7 Å². The SMILES string of the molecule is CCc1cnc(C(=O)N[C@H]2CCN(C(=O)O)C[C@H]2OC)[nH]1. The van der Waals surface area contributed by atoms with E-state index in [2.05, 4.69) is 15.3 Å². The van der Waals surface area contributed by atoms with E-state index in [1.807, 2.05) is 6.92 Å². The molecule has 2 heterocycles. The number of nitrogens with one attached hydrogen (secondary N) is 2. The second-order valence-electron chi connectivity index (χ2n) is 4.98. The summed E-state index contributed by atoms with van der Waals surface area (Å²) in [4.78, 5) is 31.4. The molecule has 2 amide bonds. The number of ether oxygens (including phenoxy) is 1. The molecule has 1 aromatic heterocycles. The molecule has 0 aromatic carbocycles. The van der Waals surface area contributed by atoms with Crippen LogP contribution in [0.2, 0.25) is 0 Å². The first-order valence-electron chi connectivity index (χ1n) is 6.90. The molecule has 2 atom stereocenters. The maximum atomic E-state index is 12.1. The smallest absolute Gasteiger partial charge is 0.407 e. The second-order valence-corrected chi connectivity index (χ2v) is 4.98. The zero-order valence-corrected chi connectivity index (χ0v) is 12.1. The molecule has 8 heteroatoms. The normalized spacial score (nSPS) is 22.1. The number of hydrogen-bond acceptors (Lipinski definition) is 4. The molecule has 0 radical (unpaired) electrons. The lowest BCUT2D eigenvalue weighted by atomic mass is 10.0. The molecule has 0 saturated carbocycles. The molecule has 0 unspecified atom stereocenters. The van der Waals surface area contributed by atoms with Crippen molar-refractivity contribution in [1.29, 1.82) is 0 Å². The lowest BCUT2D eigenvalue weighted by Crippen LogP contribution is -2.55. The summed E-state index contributed by atoms with van der Waals surface area (Å²) in [5, 5.41) is 11.9. The summed E-state index contributed by atoms with van der Waals surface area (Å²) in [5.41, 5.74) is 0.893. The molecule has 116 valence electrons. The van der Waals surface area contributed by atoms with Gasteiger partial charge >= 0.3 is 6.09 Å². The summed E-state index contributed by atoms with van der Waals surface area (Å²) < 4.78 is 5.30. The van der Waals surface area contributed by atoms with E-state index in [1.54, 1.807) is 6.20 Å². The van der Waals surface area contributed by atoms with E-state index >= 15 is 0 Å². The quantitative estimate of drug-likeness (QED) is 0.748. The highest BCUT2D eigenvalue weighted by molar-refractivity contribution is 5.90. The number of methoxy groups -OCH3 is 1. The van der Waals surface area contributed by atoms with Gasteiger partial charge in [0.25, 0.3) is 5.91 Å². The Kier molecular flexibility index (Phi) is 4.79. The minimum atomic E-state index is -0.972. The van der Waals surface area contributed by atoms with E-state index < -0.39 is 6.09 Å². The first-order chi connectivity index (χ1) is 10.0. The summed E-state index contributed by atoms with van der Waals surface area (Å²) in [5.74, 6) is -0.0344. The second kappa shape index (κ2) is 6.57. The van der Waals surface area contributed by atoms with Crippen LogP contribution in [-0.2, 0) is 11.2 Å². The molecular formula is C13H20N4O4. The van der Waals surface area contributed by atoms with Crippen LogP contribution in [0.25, 0.3) is 0 Å². The van der Waals surface area contributed by atoms with Gasteiger partial charge in [-0.15, -0.1) is 0 Å². The number of H-pyrrole nitrogens is 1. The van der Waals surface area contributed by atoms with Gasteiger partial charge in [0.2, 0.25) is 0 Å². The van der Waals surface area contributed by atoms with Crippen LogP contribution in [0.15, 0.2) is 6.20 Å². The third kappa shape index (κ3) is 3.52. The molecule has 0 bridgehead atoms. The summed E-state index contributed by atoms with van der Waals surface area (Å²) in [7, 11) is 1.51. The molecule has 1 aliphatic rings. The first kappa shape index (κ1) is 15.3. The largest absolute Gasteiger partial charge is 0.465 e. The van der Waals surface area contributed by atoms with Crippen molar-refractivity contribution in [3.63, 3.8) is 0 Å². The highest BCUT2D eigenvalue weighted by Gasteiger charge is 2.33. The van der Waals surface area contributed by atoms with Crippen LogP contribution in [0.4, 0.5) is 4.79 Å². The Labute approximate surface area is 122 Å². The van der Waals surface area contributed by atoms with E-state index in [0.29, 0.717) is 13.0 Å². The van der Waals surface area contributed by atoms with Crippen LogP contribution in [0.3, 0.4) is 0 Å². The number of imidazole rings is 1. The summed E-state index contributed by atoms with van der Waals surface area (Å²) in [6.45, 7) is 2.59. The maximum Gasteiger partial charge on any atom is 0.407 e. The van der Waals surface area contributed by atoms with Crippen molar-refractivity contribution in [2.75, 3.05) is 20.2 Å². The number of aryl methyl sites for hydroxylation is 1. The van der Waals surface area contributed by atoms with E-state index in [9.17, 15) is 9.59 Å². The fraction of sp³-hybridized carbons (Fsp3) is 0.615. The van der Waals surface area contributed by atoms with Crippen molar-refractivity contribution in [3.8, 4) is 0 Å². The van der Waals surface area contributed by atoms with Gasteiger partial charge in [-0.1, -0.05) is 6.92 Å². The Balaban J connectivity index is 1.98. The third-order valence-corrected chi connectivity index (χ3v) is 3.67. The van der Waals surface area contributed by atoms with Gasteiger partial charge in [0.05, 0.1) is 18.7 Å². The Hall–Kier alpha value is -2.09. The Morgan fingerprint density at radius 2 is 2.38 bits per heavy atom. The van der Waals surface area contributed by atoms with Gasteiger partial charge < -0.3 is 25.0 Å². The number of piperidine rings is 1. The van der Waals surface area contributed by atoms with E-state index in [0.717, 1.165) is 12.1 Å². The molecule has 3 N–H and O–H groups in total. The molecule has 2 rings (SSSR count). The molecule has 1 aromatic rings. The zero-order chi connectivity index (χ0) is 15.4. The van der Waals surface area contributed by atoms with E-state index in [1.165, 1.54) is 12.0 Å². The van der Waals surface area contributed by atoms with Crippen LogP contribution in [0.5, 0.6) is 0 Å². The minimum absolute atomic E-state index is 0.228. The number of nitrogens with zero attached hydrogens (tertiary/aromatic N) is 2.